The SMILES string of the molecule is O=c1c2sc(-c3ccc(Cl)cc3)cc2ncn1-c1ccc(N2CC[C@H]3CNC=C32)c(F)c1. The lowest BCUT2D eigenvalue weighted by molar-refractivity contribution is 0.623. The fourth-order valence-corrected chi connectivity index (χ4v) is 5.64. The van der Waals surface area contributed by atoms with Crippen molar-refractivity contribution in [3.8, 4) is 16.1 Å². The maximum Gasteiger partial charge on any atom is 0.275 e. The second kappa shape index (κ2) is 7.46. The highest BCUT2D eigenvalue weighted by Crippen LogP contribution is 2.36. The summed E-state index contributed by atoms with van der Waals surface area (Å²) in [5.74, 6) is 0.0907. The van der Waals surface area contributed by atoms with Crippen molar-refractivity contribution >= 4 is 38.8 Å². The zero-order chi connectivity index (χ0) is 21.8. The number of nitrogens with zero attached hydrogens (tertiary/aromatic N) is 3. The molecular formula is C24H18ClFN4OS. The van der Waals surface area contributed by atoms with E-state index in [9.17, 15) is 4.79 Å². The molecule has 1 atom stereocenters. The first-order chi connectivity index (χ1) is 15.6. The second-order valence-corrected chi connectivity index (χ2v) is 9.49. The molecule has 0 saturated carbocycles. The van der Waals surface area contributed by atoms with Crippen LogP contribution in [0.4, 0.5) is 10.1 Å². The van der Waals surface area contributed by atoms with Crippen LogP contribution >= 0.6 is 22.9 Å². The molecule has 0 bridgehead atoms. The van der Waals surface area contributed by atoms with Crippen LogP contribution in [0.25, 0.3) is 26.3 Å². The summed E-state index contributed by atoms with van der Waals surface area (Å²) in [7, 11) is 0. The number of benzene rings is 2. The van der Waals surface area contributed by atoms with Gasteiger partial charge in [0.15, 0.2) is 0 Å². The van der Waals surface area contributed by atoms with Crippen molar-refractivity contribution in [2.75, 3.05) is 18.0 Å². The Morgan fingerprint density at radius 1 is 1.16 bits per heavy atom. The van der Waals surface area contributed by atoms with Crippen LogP contribution in [-0.4, -0.2) is 22.6 Å². The van der Waals surface area contributed by atoms with Crippen LogP contribution in [0.5, 0.6) is 0 Å². The number of hydrogen-bond donors (Lipinski definition) is 1. The first-order valence-corrected chi connectivity index (χ1v) is 11.6. The average Bonchev–Trinajstić information content (AvgIpc) is 3.51. The van der Waals surface area contributed by atoms with E-state index in [0.29, 0.717) is 32.5 Å². The Bertz CT molecular complexity index is 1440. The van der Waals surface area contributed by atoms with Crippen LogP contribution in [0.1, 0.15) is 6.42 Å². The largest absolute Gasteiger partial charge is 0.389 e. The third kappa shape index (κ3) is 3.12. The average molecular weight is 465 g/mol. The lowest BCUT2D eigenvalue weighted by Gasteiger charge is -2.21. The van der Waals surface area contributed by atoms with Gasteiger partial charge in [-0.25, -0.2) is 9.37 Å². The topological polar surface area (TPSA) is 50.2 Å². The van der Waals surface area contributed by atoms with Gasteiger partial charge in [0.05, 0.1) is 16.9 Å². The summed E-state index contributed by atoms with van der Waals surface area (Å²) in [6, 6.07) is 14.3. The van der Waals surface area contributed by atoms with Crippen molar-refractivity contribution in [2.45, 2.75) is 6.42 Å². The molecular weight excluding hydrogens is 447 g/mol. The zero-order valence-electron chi connectivity index (χ0n) is 16.9. The van der Waals surface area contributed by atoms with Crippen LogP contribution in [0.3, 0.4) is 0 Å². The highest BCUT2D eigenvalue weighted by Gasteiger charge is 2.32. The van der Waals surface area contributed by atoms with Gasteiger partial charge in [-0.2, -0.15) is 0 Å². The number of fused-ring (bicyclic) bond motifs is 2. The van der Waals surface area contributed by atoms with Crippen molar-refractivity contribution in [1.29, 1.82) is 0 Å². The molecule has 2 aromatic carbocycles. The van der Waals surface area contributed by atoms with E-state index in [1.807, 2.05) is 41.4 Å². The number of aromatic nitrogens is 2. The van der Waals surface area contributed by atoms with Crippen molar-refractivity contribution in [1.82, 2.24) is 14.9 Å². The van der Waals surface area contributed by atoms with Gasteiger partial charge in [-0.15, -0.1) is 11.3 Å². The number of halogens is 2. The first kappa shape index (κ1) is 19.5. The standard InChI is InChI=1S/C24H18ClFN4OS/c25-16-3-1-14(2-4-16)22-10-19-23(32-22)24(31)30(13-28-19)17-5-6-20(18(26)9-17)29-8-7-15-11-27-12-21(15)29/h1-6,9-10,12-13,15,27H,7-8,11H2/t15-/m0/s1. The summed E-state index contributed by atoms with van der Waals surface area (Å²) < 4.78 is 17.1. The van der Waals surface area contributed by atoms with E-state index in [4.69, 9.17) is 11.6 Å². The number of thiophene rings is 1. The summed E-state index contributed by atoms with van der Waals surface area (Å²) in [4.78, 5) is 20.6. The summed E-state index contributed by atoms with van der Waals surface area (Å²) in [6.07, 6.45) is 4.45. The van der Waals surface area contributed by atoms with Crippen LogP contribution in [0.2, 0.25) is 5.02 Å². The maximum absolute atomic E-state index is 15.1. The number of anilines is 1. The van der Waals surface area contributed by atoms with Gasteiger partial charge < -0.3 is 10.2 Å². The molecule has 0 amide bonds. The van der Waals surface area contributed by atoms with Crippen LogP contribution in [-0.2, 0) is 0 Å². The first-order valence-electron chi connectivity index (χ1n) is 10.4. The molecule has 4 heterocycles. The van der Waals surface area contributed by atoms with E-state index in [-0.39, 0.29) is 11.4 Å². The fraction of sp³-hybridized carbons (Fsp3) is 0.167. The molecule has 4 aromatic rings. The minimum atomic E-state index is -0.351. The van der Waals surface area contributed by atoms with E-state index >= 15 is 4.39 Å². The fourth-order valence-electron chi connectivity index (χ4n) is 4.47. The summed E-state index contributed by atoms with van der Waals surface area (Å²) >= 11 is 7.36. The highest BCUT2D eigenvalue weighted by atomic mass is 35.5. The smallest absolute Gasteiger partial charge is 0.275 e. The molecule has 0 spiro atoms. The Kier molecular flexibility index (Phi) is 4.55. The Morgan fingerprint density at radius 2 is 2.00 bits per heavy atom. The van der Waals surface area contributed by atoms with Crippen molar-refractivity contribution < 1.29 is 4.39 Å². The minimum Gasteiger partial charge on any atom is -0.389 e. The van der Waals surface area contributed by atoms with E-state index in [2.05, 4.69) is 10.3 Å². The molecule has 1 fully saturated rings. The lowest BCUT2D eigenvalue weighted by Crippen LogP contribution is -2.20. The normalized spacial score (nSPS) is 17.5. The number of hydrogen-bond acceptors (Lipinski definition) is 5. The van der Waals surface area contributed by atoms with Crippen molar-refractivity contribution in [3.63, 3.8) is 0 Å². The lowest BCUT2D eigenvalue weighted by atomic mass is 10.1. The third-order valence-electron chi connectivity index (χ3n) is 6.11. The maximum atomic E-state index is 15.1. The van der Waals surface area contributed by atoms with Gasteiger partial charge in [0.1, 0.15) is 16.8 Å². The van der Waals surface area contributed by atoms with E-state index in [1.54, 1.807) is 12.1 Å². The van der Waals surface area contributed by atoms with E-state index in [1.165, 1.54) is 28.3 Å². The van der Waals surface area contributed by atoms with Gasteiger partial charge in [-0.05, 0) is 42.3 Å². The summed E-state index contributed by atoms with van der Waals surface area (Å²) in [6.45, 7) is 1.70. The Balaban J connectivity index is 1.38. The Hall–Kier alpha value is -3.16. The molecule has 2 aliphatic heterocycles. The Morgan fingerprint density at radius 3 is 2.81 bits per heavy atom. The van der Waals surface area contributed by atoms with Gasteiger partial charge in [0.25, 0.3) is 5.56 Å². The van der Waals surface area contributed by atoms with Crippen molar-refractivity contribution in [2.24, 2.45) is 5.92 Å². The molecule has 1 N–H and O–H groups in total. The molecule has 6 rings (SSSR count). The highest BCUT2D eigenvalue weighted by molar-refractivity contribution is 7.22. The van der Waals surface area contributed by atoms with Gasteiger partial charge in [0, 0.05) is 46.9 Å². The van der Waals surface area contributed by atoms with Crippen LogP contribution < -0.4 is 15.8 Å². The molecule has 0 aliphatic carbocycles. The van der Waals surface area contributed by atoms with Crippen molar-refractivity contribution in [3.05, 3.63) is 87.9 Å². The monoisotopic (exact) mass is 464 g/mol. The molecule has 2 aromatic heterocycles. The van der Waals surface area contributed by atoms with E-state index in [0.717, 1.165) is 35.6 Å². The summed E-state index contributed by atoms with van der Waals surface area (Å²) in [5.41, 5.74) is 3.51. The minimum absolute atomic E-state index is 0.212. The molecule has 0 unspecified atom stereocenters. The van der Waals surface area contributed by atoms with Gasteiger partial charge in [0.2, 0.25) is 0 Å². The van der Waals surface area contributed by atoms with Crippen LogP contribution in [0, 0.1) is 11.7 Å². The third-order valence-corrected chi connectivity index (χ3v) is 7.53. The molecule has 8 heteroatoms. The molecule has 2 aliphatic rings. The second-order valence-electron chi connectivity index (χ2n) is 8.00. The quantitative estimate of drug-likeness (QED) is 0.454. The molecule has 1 saturated heterocycles. The Labute approximate surface area is 192 Å². The zero-order valence-corrected chi connectivity index (χ0v) is 18.5. The molecule has 32 heavy (non-hydrogen) atoms. The van der Waals surface area contributed by atoms with E-state index < -0.39 is 0 Å². The van der Waals surface area contributed by atoms with Gasteiger partial charge in [-0.3, -0.25) is 9.36 Å². The predicted molar refractivity (Wildman–Crippen MR) is 127 cm³/mol. The molecule has 5 nitrogen and oxygen atoms in total. The summed E-state index contributed by atoms with van der Waals surface area (Å²) in [5, 5.41) is 3.89. The molecule has 160 valence electrons. The number of rotatable bonds is 3. The van der Waals surface area contributed by atoms with Gasteiger partial charge >= 0.3 is 0 Å². The predicted octanol–water partition coefficient (Wildman–Crippen LogP) is 5.18. The molecule has 0 radical (unpaired) electrons. The number of nitrogens with one attached hydrogen (secondary N) is 1. The van der Waals surface area contributed by atoms with Gasteiger partial charge in [-0.1, -0.05) is 23.7 Å². The van der Waals surface area contributed by atoms with Crippen LogP contribution in [0.15, 0.2) is 71.5 Å².